The number of nitrogens with zero attached hydrogens (tertiary/aromatic N) is 3. The third-order valence-electron chi connectivity index (χ3n) is 4.40. The van der Waals surface area contributed by atoms with Crippen LogP contribution in [0.15, 0.2) is 53.7 Å². The third-order valence-corrected chi connectivity index (χ3v) is 5.25. The summed E-state index contributed by atoms with van der Waals surface area (Å²) in [7, 11) is -3.89. The zero-order chi connectivity index (χ0) is 20.8. The van der Waals surface area contributed by atoms with Crippen molar-refractivity contribution in [1.82, 2.24) is 9.97 Å². The molecule has 2 aromatic carbocycles. The van der Waals surface area contributed by atoms with E-state index >= 15 is 0 Å². The second kappa shape index (κ2) is 7.00. The van der Waals surface area contributed by atoms with Crippen LogP contribution < -0.4 is 4.90 Å². The number of halogens is 3. The van der Waals surface area contributed by atoms with Crippen LogP contribution in [0.5, 0.6) is 0 Å². The second-order valence-corrected chi connectivity index (χ2v) is 8.34. The average Bonchev–Trinajstić information content (AvgIpc) is 2.67. The first-order valence-electron chi connectivity index (χ1n) is 8.52. The number of hydrogen-bond donors (Lipinski definition) is 0. The molecule has 2 heterocycles. The van der Waals surface area contributed by atoms with Crippen molar-refractivity contribution in [2.45, 2.75) is 5.16 Å². The van der Waals surface area contributed by atoms with Crippen LogP contribution in [-0.4, -0.2) is 31.2 Å². The van der Waals surface area contributed by atoms with E-state index in [-0.39, 0.29) is 34.9 Å². The standard InChI is InChI=1S/C20H14F3N3O2S/c1-29(27,28)20-24-17(12-6-2-3-8-14(12)21)13-7-5-11-26(19(13)25-20)18-15(22)9-4-10-16(18)23/h2-10H,11H2,1H3. The second-order valence-electron chi connectivity index (χ2n) is 6.43. The summed E-state index contributed by atoms with van der Waals surface area (Å²) in [5.74, 6) is -2.31. The first kappa shape index (κ1) is 19.1. The van der Waals surface area contributed by atoms with Crippen LogP contribution in [0.3, 0.4) is 0 Å². The highest BCUT2D eigenvalue weighted by Crippen LogP contribution is 2.39. The molecule has 29 heavy (non-hydrogen) atoms. The van der Waals surface area contributed by atoms with E-state index in [1.807, 2.05) is 0 Å². The van der Waals surface area contributed by atoms with Crippen LogP contribution in [0.1, 0.15) is 5.56 Å². The molecule has 1 aromatic heterocycles. The molecular formula is C20H14F3N3O2S. The van der Waals surface area contributed by atoms with Gasteiger partial charge in [-0.05, 0) is 24.3 Å². The lowest BCUT2D eigenvalue weighted by molar-refractivity contribution is 0.580. The van der Waals surface area contributed by atoms with E-state index < -0.39 is 32.4 Å². The molecule has 0 aliphatic carbocycles. The van der Waals surface area contributed by atoms with Gasteiger partial charge in [0.15, 0.2) is 0 Å². The zero-order valence-electron chi connectivity index (χ0n) is 15.1. The van der Waals surface area contributed by atoms with Crippen molar-refractivity contribution in [3.63, 3.8) is 0 Å². The Hall–Kier alpha value is -3.20. The molecule has 0 saturated carbocycles. The molecule has 1 aliphatic heterocycles. The molecule has 4 rings (SSSR count). The molecule has 3 aromatic rings. The third kappa shape index (κ3) is 3.38. The van der Waals surface area contributed by atoms with Gasteiger partial charge < -0.3 is 4.90 Å². The van der Waals surface area contributed by atoms with E-state index in [4.69, 9.17) is 0 Å². The number of anilines is 2. The number of aromatic nitrogens is 2. The van der Waals surface area contributed by atoms with Gasteiger partial charge in [-0.2, -0.15) is 4.98 Å². The Bertz CT molecular complexity index is 1240. The molecule has 1 aliphatic rings. The summed E-state index contributed by atoms with van der Waals surface area (Å²) in [6.07, 6.45) is 4.10. The van der Waals surface area contributed by atoms with Gasteiger partial charge in [-0.1, -0.05) is 30.4 Å². The predicted octanol–water partition coefficient (Wildman–Crippen LogP) is 4.13. The fourth-order valence-corrected chi connectivity index (χ4v) is 3.64. The molecule has 5 nitrogen and oxygen atoms in total. The lowest BCUT2D eigenvalue weighted by Gasteiger charge is -2.28. The summed E-state index contributed by atoms with van der Waals surface area (Å²) >= 11 is 0. The molecule has 0 N–H and O–H groups in total. The molecule has 0 bridgehead atoms. The van der Waals surface area contributed by atoms with E-state index in [2.05, 4.69) is 9.97 Å². The SMILES string of the molecule is CS(=O)(=O)c1nc(-c2ccccc2F)c2c(n1)N(c1c(F)cccc1F)CC=C2. The summed E-state index contributed by atoms with van der Waals surface area (Å²) in [4.78, 5) is 9.33. The van der Waals surface area contributed by atoms with E-state index in [1.54, 1.807) is 18.2 Å². The van der Waals surface area contributed by atoms with Crippen molar-refractivity contribution < 1.29 is 21.6 Å². The lowest BCUT2D eigenvalue weighted by Crippen LogP contribution is -2.25. The Balaban J connectivity index is 2.05. The van der Waals surface area contributed by atoms with Crippen LogP contribution in [-0.2, 0) is 9.84 Å². The lowest BCUT2D eigenvalue weighted by atomic mass is 10.0. The molecule has 0 spiro atoms. The highest BCUT2D eigenvalue weighted by atomic mass is 32.2. The van der Waals surface area contributed by atoms with Gasteiger partial charge in [0, 0.05) is 23.9 Å². The number of hydrogen-bond acceptors (Lipinski definition) is 5. The van der Waals surface area contributed by atoms with E-state index in [9.17, 15) is 21.6 Å². The van der Waals surface area contributed by atoms with Crippen molar-refractivity contribution in [1.29, 1.82) is 0 Å². The summed E-state index contributed by atoms with van der Waals surface area (Å²) in [6.45, 7) is 0.0434. The fraction of sp³-hybridized carbons (Fsp3) is 0.100. The topological polar surface area (TPSA) is 63.2 Å². The molecule has 9 heteroatoms. The van der Waals surface area contributed by atoms with Crippen molar-refractivity contribution in [3.8, 4) is 11.3 Å². The first-order chi connectivity index (χ1) is 13.8. The number of fused-ring (bicyclic) bond motifs is 1. The van der Waals surface area contributed by atoms with Gasteiger partial charge in [0.25, 0.3) is 0 Å². The van der Waals surface area contributed by atoms with Gasteiger partial charge in [-0.25, -0.2) is 26.6 Å². The van der Waals surface area contributed by atoms with E-state index in [1.165, 1.54) is 29.2 Å². The van der Waals surface area contributed by atoms with Gasteiger partial charge in [-0.15, -0.1) is 0 Å². The monoisotopic (exact) mass is 417 g/mol. The smallest absolute Gasteiger partial charge is 0.249 e. The maximum absolute atomic E-state index is 14.5. The van der Waals surface area contributed by atoms with Crippen LogP contribution >= 0.6 is 0 Å². The molecule has 0 unspecified atom stereocenters. The van der Waals surface area contributed by atoms with Crippen molar-refractivity contribution in [2.24, 2.45) is 0 Å². The highest BCUT2D eigenvalue weighted by Gasteiger charge is 2.28. The minimum absolute atomic E-state index is 0.0197. The molecule has 0 fully saturated rings. The summed E-state index contributed by atoms with van der Waals surface area (Å²) in [5.41, 5.74) is -0.0464. The molecule has 0 amide bonds. The van der Waals surface area contributed by atoms with Gasteiger partial charge in [0.05, 0.1) is 5.69 Å². The van der Waals surface area contributed by atoms with Crippen LogP contribution in [0.25, 0.3) is 17.3 Å². The fourth-order valence-electron chi connectivity index (χ4n) is 3.13. The maximum atomic E-state index is 14.5. The van der Waals surface area contributed by atoms with Crippen LogP contribution in [0, 0.1) is 17.5 Å². The largest absolute Gasteiger partial charge is 0.317 e. The number of para-hydroxylation sites is 1. The highest BCUT2D eigenvalue weighted by molar-refractivity contribution is 7.90. The Labute approximate surface area is 165 Å². The molecule has 0 radical (unpaired) electrons. The predicted molar refractivity (Wildman–Crippen MR) is 103 cm³/mol. The summed E-state index contributed by atoms with van der Waals surface area (Å²) in [5, 5.41) is -0.563. The van der Waals surface area contributed by atoms with Gasteiger partial charge >= 0.3 is 0 Å². The average molecular weight is 417 g/mol. The van der Waals surface area contributed by atoms with Crippen molar-refractivity contribution in [2.75, 3.05) is 17.7 Å². The number of rotatable bonds is 3. The number of benzene rings is 2. The molecular weight excluding hydrogens is 403 g/mol. The zero-order valence-corrected chi connectivity index (χ0v) is 15.9. The summed E-state index contributed by atoms with van der Waals surface area (Å²) in [6, 6.07) is 9.13. The maximum Gasteiger partial charge on any atom is 0.249 e. The minimum Gasteiger partial charge on any atom is -0.317 e. The Morgan fingerprint density at radius 1 is 0.931 bits per heavy atom. The van der Waals surface area contributed by atoms with E-state index in [0.29, 0.717) is 0 Å². The van der Waals surface area contributed by atoms with Crippen LogP contribution in [0.4, 0.5) is 24.7 Å². The van der Waals surface area contributed by atoms with Crippen molar-refractivity contribution >= 4 is 27.4 Å². The van der Waals surface area contributed by atoms with Crippen LogP contribution in [0.2, 0.25) is 0 Å². The Kier molecular flexibility index (Phi) is 4.62. The Morgan fingerprint density at radius 2 is 1.59 bits per heavy atom. The van der Waals surface area contributed by atoms with Crippen molar-refractivity contribution in [3.05, 3.63) is 71.6 Å². The van der Waals surface area contributed by atoms with E-state index in [0.717, 1.165) is 18.4 Å². The number of sulfone groups is 1. The quantitative estimate of drug-likeness (QED) is 0.600. The first-order valence-corrected chi connectivity index (χ1v) is 10.4. The minimum atomic E-state index is -3.89. The molecule has 0 atom stereocenters. The van der Waals surface area contributed by atoms with Gasteiger partial charge in [0.1, 0.15) is 29.0 Å². The molecule has 0 saturated heterocycles. The van der Waals surface area contributed by atoms with Gasteiger partial charge in [0.2, 0.25) is 15.0 Å². The summed E-state index contributed by atoms with van der Waals surface area (Å²) < 4.78 is 67.6. The van der Waals surface area contributed by atoms with Gasteiger partial charge in [-0.3, -0.25) is 0 Å². The Morgan fingerprint density at radius 3 is 2.24 bits per heavy atom. The molecule has 148 valence electrons. The normalized spacial score (nSPS) is 13.4.